The highest BCUT2D eigenvalue weighted by atomic mass is 16.2. The number of carbonyl (C=O) groups excluding carboxylic acids is 2. The maximum absolute atomic E-state index is 13.4. The van der Waals surface area contributed by atoms with E-state index in [9.17, 15) is 9.59 Å². The van der Waals surface area contributed by atoms with Gasteiger partial charge in [0.05, 0.1) is 0 Å². The summed E-state index contributed by atoms with van der Waals surface area (Å²) in [5.74, 6) is -0.00693. The minimum atomic E-state index is -0.0900. The Morgan fingerprint density at radius 1 is 1.03 bits per heavy atom. The fourth-order valence-corrected chi connectivity index (χ4v) is 4.04. The first-order valence-corrected chi connectivity index (χ1v) is 11.3. The van der Waals surface area contributed by atoms with Gasteiger partial charge in [-0.05, 0) is 43.4 Å². The first kappa shape index (κ1) is 21.9. The molecule has 0 unspecified atom stereocenters. The van der Waals surface area contributed by atoms with Crippen molar-refractivity contribution in [3.63, 3.8) is 0 Å². The Morgan fingerprint density at radius 2 is 1.75 bits per heavy atom. The fourth-order valence-electron chi connectivity index (χ4n) is 4.04. The van der Waals surface area contributed by atoms with Crippen molar-refractivity contribution in [1.29, 1.82) is 0 Å². The number of urea groups is 1. The van der Waals surface area contributed by atoms with Crippen molar-refractivity contribution >= 4 is 22.8 Å². The summed E-state index contributed by atoms with van der Waals surface area (Å²) >= 11 is 0. The molecule has 0 aliphatic heterocycles. The van der Waals surface area contributed by atoms with Gasteiger partial charge < -0.3 is 19.7 Å². The van der Waals surface area contributed by atoms with E-state index in [1.54, 1.807) is 23.9 Å². The average molecular weight is 433 g/mol. The molecule has 32 heavy (non-hydrogen) atoms. The van der Waals surface area contributed by atoms with Gasteiger partial charge in [0.15, 0.2) is 0 Å². The third-order valence-corrected chi connectivity index (χ3v) is 6.09. The van der Waals surface area contributed by atoms with Gasteiger partial charge >= 0.3 is 6.03 Å². The molecule has 3 amide bonds. The average Bonchev–Trinajstić information content (AvgIpc) is 3.55. The molecular weight excluding hydrogens is 400 g/mol. The third-order valence-electron chi connectivity index (χ3n) is 6.09. The molecule has 1 aromatic heterocycles. The molecule has 4 rings (SSSR count). The van der Waals surface area contributed by atoms with Gasteiger partial charge in [0, 0.05) is 50.3 Å². The minimum absolute atomic E-state index is 0.00693. The zero-order valence-corrected chi connectivity index (χ0v) is 19.2. The maximum Gasteiger partial charge on any atom is 0.320 e. The van der Waals surface area contributed by atoms with Crippen molar-refractivity contribution in [2.24, 2.45) is 0 Å². The number of fused-ring (bicyclic) bond motifs is 1. The van der Waals surface area contributed by atoms with Gasteiger partial charge in [0.1, 0.15) is 6.54 Å². The van der Waals surface area contributed by atoms with Crippen molar-refractivity contribution < 1.29 is 9.59 Å². The monoisotopic (exact) mass is 432 g/mol. The predicted octanol–water partition coefficient (Wildman–Crippen LogP) is 4.19. The van der Waals surface area contributed by atoms with Gasteiger partial charge in [-0.3, -0.25) is 4.79 Å². The molecule has 1 aliphatic carbocycles. The molecule has 0 spiro atoms. The smallest absolute Gasteiger partial charge is 0.320 e. The number of aryl methyl sites for hydroxylation is 1. The van der Waals surface area contributed by atoms with Crippen molar-refractivity contribution in [2.75, 3.05) is 27.2 Å². The molecule has 1 N–H and O–H groups in total. The van der Waals surface area contributed by atoms with Crippen LogP contribution in [0, 0.1) is 6.92 Å². The number of carbonyl (C=O) groups is 2. The third kappa shape index (κ3) is 5.13. The van der Waals surface area contributed by atoms with Crippen LogP contribution in [0.4, 0.5) is 4.79 Å². The molecule has 6 heteroatoms. The SMILES string of the molecule is Cc1ccc(CN(CCc2c[nH]c3ccccc23)C(=O)CN(C(=O)N(C)C)C2CC2)cc1. The molecule has 0 saturated heterocycles. The lowest BCUT2D eigenvalue weighted by atomic mass is 10.1. The van der Waals surface area contributed by atoms with E-state index in [1.807, 2.05) is 23.2 Å². The van der Waals surface area contributed by atoms with Gasteiger partial charge in [0.2, 0.25) is 5.91 Å². The molecule has 0 radical (unpaired) electrons. The van der Waals surface area contributed by atoms with Crippen LogP contribution >= 0.6 is 0 Å². The van der Waals surface area contributed by atoms with E-state index in [0.29, 0.717) is 13.1 Å². The molecule has 1 aliphatic rings. The van der Waals surface area contributed by atoms with Gasteiger partial charge in [-0.25, -0.2) is 4.79 Å². The molecule has 1 heterocycles. The first-order valence-electron chi connectivity index (χ1n) is 11.3. The number of H-pyrrole nitrogens is 1. The van der Waals surface area contributed by atoms with Gasteiger partial charge in [-0.2, -0.15) is 0 Å². The highest BCUT2D eigenvalue weighted by Crippen LogP contribution is 2.27. The number of amides is 3. The minimum Gasteiger partial charge on any atom is -0.361 e. The number of nitrogens with one attached hydrogen (secondary N) is 1. The largest absolute Gasteiger partial charge is 0.361 e. The van der Waals surface area contributed by atoms with E-state index in [4.69, 9.17) is 0 Å². The molecule has 2 aromatic carbocycles. The van der Waals surface area contributed by atoms with Gasteiger partial charge in [-0.15, -0.1) is 0 Å². The Bertz CT molecular complexity index is 1080. The summed E-state index contributed by atoms with van der Waals surface area (Å²) in [5, 5.41) is 1.19. The number of aromatic amines is 1. The lowest BCUT2D eigenvalue weighted by Gasteiger charge is -2.29. The van der Waals surface area contributed by atoms with Crippen LogP contribution in [0.25, 0.3) is 10.9 Å². The van der Waals surface area contributed by atoms with E-state index >= 15 is 0 Å². The number of para-hydroxylation sites is 1. The quantitative estimate of drug-likeness (QED) is 0.580. The Balaban J connectivity index is 1.51. The predicted molar refractivity (Wildman–Crippen MR) is 127 cm³/mol. The number of hydrogen-bond acceptors (Lipinski definition) is 2. The van der Waals surface area contributed by atoms with Crippen LogP contribution in [0.3, 0.4) is 0 Å². The summed E-state index contributed by atoms with van der Waals surface area (Å²) in [6.07, 6.45) is 4.73. The van der Waals surface area contributed by atoms with E-state index in [2.05, 4.69) is 48.3 Å². The van der Waals surface area contributed by atoms with Gasteiger partial charge in [-0.1, -0.05) is 48.0 Å². The molecule has 0 atom stereocenters. The highest BCUT2D eigenvalue weighted by molar-refractivity contribution is 5.85. The number of nitrogens with zero attached hydrogens (tertiary/aromatic N) is 3. The first-order chi connectivity index (χ1) is 15.4. The summed E-state index contributed by atoms with van der Waals surface area (Å²) in [7, 11) is 3.48. The van der Waals surface area contributed by atoms with Crippen LogP contribution in [0.1, 0.15) is 29.5 Å². The fraction of sp³-hybridized carbons (Fsp3) is 0.385. The Labute approximate surface area is 189 Å². The lowest BCUT2D eigenvalue weighted by molar-refractivity contribution is -0.132. The molecular formula is C26H32N4O2. The number of aromatic nitrogens is 1. The summed E-state index contributed by atoms with van der Waals surface area (Å²) in [4.78, 5) is 34.6. The van der Waals surface area contributed by atoms with Crippen LogP contribution in [-0.2, 0) is 17.8 Å². The summed E-state index contributed by atoms with van der Waals surface area (Å²) in [5.41, 5.74) is 4.60. The Kier molecular flexibility index (Phi) is 6.49. The van der Waals surface area contributed by atoms with Crippen molar-refractivity contribution in [3.05, 3.63) is 71.4 Å². The maximum atomic E-state index is 13.4. The molecule has 1 fully saturated rings. The van der Waals surface area contributed by atoms with Crippen LogP contribution in [0.15, 0.2) is 54.7 Å². The molecule has 3 aromatic rings. The van der Waals surface area contributed by atoms with E-state index in [-0.39, 0.29) is 24.5 Å². The van der Waals surface area contributed by atoms with E-state index in [1.165, 1.54) is 16.5 Å². The molecule has 1 saturated carbocycles. The number of hydrogen-bond donors (Lipinski definition) is 1. The van der Waals surface area contributed by atoms with Crippen molar-refractivity contribution in [1.82, 2.24) is 19.7 Å². The summed E-state index contributed by atoms with van der Waals surface area (Å²) in [6.45, 7) is 3.32. The standard InChI is InChI=1S/C26H32N4O2/c1-19-8-10-20(11-9-19)17-29(15-14-21-16-27-24-7-5-4-6-23(21)24)25(31)18-30(22-12-13-22)26(32)28(2)3/h4-11,16,22,27H,12-15,17-18H2,1-3H3. The van der Waals surface area contributed by atoms with E-state index in [0.717, 1.165) is 30.3 Å². The van der Waals surface area contributed by atoms with Crippen molar-refractivity contribution in [2.45, 2.75) is 38.8 Å². The van der Waals surface area contributed by atoms with Crippen LogP contribution in [0.5, 0.6) is 0 Å². The number of benzene rings is 2. The summed E-state index contributed by atoms with van der Waals surface area (Å²) in [6, 6.07) is 16.6. The van der Waals surface area contributed by atoms with Gasteiger partial charge in [0.25, 0.3) is 0 Å². The topological polar surface area (TPSA) is 59.7 Å². The van der Waals surface area contributed by atoms with Crippen LogP contribution in [0.2, 0.25) is 0 Å². The van der Waals surface area contributed by atoms with E-state index < -0.39 is 0 Å². The zero-order chi connectivity index (χ0) is 22.7. The molecule has 0 bridgehead atoms. The Morgan fingerprint density at radius 3 is 2.44 bits per heavy atom. The second-order valence-corrected chi connectivity index (χ2v) is 8.95. The molecule has 168 valence electrons. The second kappa shape index (κ2) is 9.47. The highest BCUT2D eigenvalue weighted by Gasteiger charge is 2.35. The zero-order valence-electron chi connectivity index (χ0n) is 19.2. The Hall–Kier alpha value is -3.28. The summed E-state index contributed by atoms with van der Waals surface area (Å²) < 4.78 is 0. The van der Waals surface area contributed by atoms with Crippen LogP contribution < -0.4 is 0 Å². The normalized spacial score (nSPS) is 13.2. The molecule has 6 nitrogen and oxygen atoms in total. The van der Waals surface area contributed by atoms with Crippen molar-refractivity contribution in [3.8, 4) is 0 Å². The number of rotatable bonds is 8. The second-order valence-electron chi connectivity index (χ2n) is 8.95. The van der Waals surface area contributed by atoms with Crippen LogP contribution in [-0.4, -0.2) is 64.8 Å². The lowest BCUT2D eigenvalue weighted by Crippen LogP contribution is -2.47.